The molecular weight excluding hydrogens is 408 g/mol. The molecule has 0 aliphatic carbocycles. The van der Waals surface area contributed by atoms with Crippen LogP contribution in [-0.2, 0) is 6.54 Å². The highest BCUT2D eigenvalue weighted by atomic mass is 16.2. The van der Waals surface area contributed by atoms with E-state index in [0.29, 0.717) is 0 Å². The van der Waals surface area contributed by atoms with E-state index in [1.54, 1.807) is 0 Å². The highest BCUT2D eigenvalue weighted by molar-refractivity contribution is 5.94. The number of pyridine rings is 1. The van der Waals surface area contributed by atoms with Crippen LogP contribution >= 0.6 is 0 Å². The Hall–Kier alpha value is -3.02. The predicted molar refractivity (Wildman–Crippen MR) is 133 cm³/mol. The molecule has 1 aromatic heterocycles. The molecule has 1 atom stereocenters. The SMILES string of the molecule is CCN(CC)C(=O)c1ccc(C(c2ccccc2)N2CCN(Cc3ccccn3)CC2)cc1. The maximum atomic E-state index is 12.8. The first kappa shape index (κ1) is 23.1. The molecule has 1 amide bonds. The number of benzene rings is 2. The molecule has 4 rings (SSSR count). The predicted octanol–water partition coefficient (Wildman–Crippen LogP) is 4.47. The van der Waals surface area contributed by atoms with Crippen LogP contribution in [0.5, 0.6) is 0 Å². The Morgan fingerprint density at radius 1 is 0.848 bits per heavy atom. The molecule has 1 unspecified atom stereocenters. The summed E-state index contributed by atoms with van der Waals surface area (Å²) in [4.78, 5) is 24.1. The standard InChI is InChI=1S/C28H34N4O/c1-3-31(4-2)28(33)25-15-13-24(14-16-25)27(23-10-6-5-7-11-23)32-20-18-30(19-21-32)22-26-12-8-9-17-29-26/h5-17,27H,3-4,18-22H2,1-2H3. The van der Waals surface area contributed by atoms with Gasteiger partial charge >= 0.3 is 0 Å². The molecule has 172 valence electrons. The third kappa shape index (κ3) is 5.67. The van der Waals surface area contributed by atoms with Gasteiger partial charge in [0.2, 0.25) is 0 Å². The Bertz CT molecular complexity index is 995. The Kier molecular flexibility index (Phi) is 7.87. The summed E-state index contributed by atoms with van der Waals surface area (Å²) in [6.45, 7) is 10.4. The summed E-state index contributed by atoms with van der Waals surface area (Å²) in [5.41, 5.74) is 4.41. The maximum Gasteiger partial charge on any atom is 0.253 e. The fourth-order valence-corrected chi connectivity index (χ4v) is 4.65. The van der Waals surface area contributed by atoms with Crippen LogP contribution < -0.4 is 0 Å². The van der Waals surface area contributed by atoms with Crippen molar-refractivity contribution in [2.24, 2.45) is 0 Å². The molecule has 0 radical (unpaired) electrons. The second-order valence-electron chi connectivity index (χ2n) is 8.55. The number of aromatic nitrogens is 1. The summed E-state index contributed by atoms with van der Waals surface area (Å²) < 4.78 is 0. The first-order valence-corrected chi connectivity index (χ1v) is 12.0. The van der Waals surface area contributed by atoms with Crippen LogP contribution in [0.3, 0.4) is 0 Å². The highest BCUT2D eigenvalue weighted by Gasteiger charge is 2.27. The minimum absolute atomic E-state index is 0.103. The van der Waals surface area contributed by atoms with Gasteiger partial charge in [-0.3, -0.25) is 19.6 Å². The largest absolute Gasteiger partial charge is 0.339 e. The number of rotatable bonds is 8. The molecule has 2 heterocycles. The lowest BCUT2D eigenvalue weighted by Crippen LogP contribution is -2.47. The third-order valence-electron chi connectivity index (χ3n) is 6.52. The summed E-state index contributed by atoms with van der Waals surface area (Å²) in [6, 6.07) is 25.2. The molecule has 5 heteroatoms. The van der Waals surface area contributed by atoms with E-state index in [-0.39, 0.29) is 11.9 Å². The van der Waals surface area contributed by atoms with E-state index in [2.05, 4.69) is 69.4 Å². The fraction of sp³-hybridized carbons (Fsp3) is 0.357. The van der Waals surface area contributed by atoms with Gasteiger partial charge in [0.15, 0.2) is 0 Å². The number of hydrogen-bond acceptors (Lipinski definition) is 4. The van der Waals surface area contributed by atoms with Crippen molar-refractivity contribution in [3.05, 3.63) is 101 Å². The monoisotopic (exact) mass is 442 g/mol. The molecule has 1 aliphatic heterocycles. The number of carbonyl (C=O) groups is 1. The normalized spacial score (nSPS) is 15.8. The zero-order valence-corrected chi connectivity index (χ0v) is 19.7. The molecule has 0 bridgehead atoms. The molecule has 1 aliphatic rings. The highest BCUT2D eigenvalue weighted by Crippen LogP contribution is 2.30. The van der Waals surface area contributed by atoms with Gasteiger partial charge in [0.05, 0.1) is 11.7 Å². The molecule has 0 spiro atoms. The second-order valence-corrected chi connectivity index (χ2v) is 8.55. The number of hydrogen-bond donors (Lipinski definition) is 0. The van der Waals surface area contributed by atoms with E-state index >= 15 is 0 Å². The van der Waals surface area contributed by atoms with Gasteiger partial charge in [-0.15, -0.1) is 0 Å². The van der Waals surface area contributed by atoms with Crippen LogP contribution in [0.25, 0.3) is 0 Å². The van der Waals surface area contributed by atoms with Crippen molar-refractivity contribution < 1.29 is 4.79 Å². The summed E-state index contributed by atoms with van der Waals surface area (Å²) in [6.07, 6.45) is 1.87. The quantitative estimate of drug-likeness (QED) is 0.516. The molecule has 5 nitrogen and oxygen atoms in total. The topological polar surface area (TPSA) is 39.7 Å². The van der Waals surface area contributed by atoms with Crippen LogP contribution in [-0.4, -0.2) is 64.9 Å². The van der Waals surface area contributed by atoms with Crippen molar-refractivity contribution in [1.82, 2.24) is 19.7 Å². The molecule has 2 aromatic carbocycles. The van der Waals surface area contributed by atoms with Crippen LogP contribution in [0, 0.1) is 0 Å². The Morgan fingerprint density at radius 2 is 1.48 bits per heavy atom. The van der Waals surface area contributed by atoms with Crippen molar-refractivity contribution in [1.29, 1.82) is 0 Å². The van der Waals surface area contributed by atoms with Gasteiger partial charge in [0.1, 0.15) is 0 Å². The van der Waals surface area contributed by atoms with Gasteiger partial charge in [0.25, 0.3) is 5.91 Å². The van der Waals surface area contributed by atoms with Crippen molar-refractivity contribution in [2.45, 2.75) is 26.4 Å². The van der Waals surface area contributed by atoms with Gasteiger partial charge in [-0.1, -0.05) is 48.5 Å². The average molecular weight is 443 g/mol. The second kappa shape index (κ2) is 11.2. The lowest BCUT2D eigenvalue weighted by Gasteiger charge is -2.39. The van der Waals surface area contributed by atoms with Crippen LogP contribution in [0.4, 0.5) is 0 Å². The summed E-state index contributed by atoms with van der Waals surface area (Å²) >= 11 is 0. The summed E-state index contributed by atoms with van der Waals surface area (Å²) in [5.74, 6) is 0.103. The average Bonchev–Trinajstić information content (AvgIpc) is 2.88. The Balaban J connectivity index is 1.50. The van der Waals surface area contributed by atoms with E-state index < -0.39 is 0 Å². The van der Waals surface area contributed by atoms with Gasteiger partial charge < -0.3 is 4.90 Å². The lowest BCUT2D eigenvalue weighted by atomic mass is 9.95. The van der Waals surface area contributed by atoms with Crippen molar-refractivity contribution in [3.63, 3.8) is 0 Å². The fourth-order valence-electron chi connectivity index (χ4n) is 4.65. The van der Waals surface area contributed by atoms with Gasteiger partial charge in [-0.25, -0.2) is 0 Å². The van der Waals surface area contributed by atoms with E-state index in [9.17, 15) is 4.79 Å². The zero-order chi connectivity index (χ0) is 23.0. The van der Waals surface area contributed by atoms with Gasteiger partial charge in [-0.05, 0) is 49.2 Å². The van der Waals surface area contributed by atoms with Crippen LogP contribution in [0.2, 0.25) is 0 Å². The van der Waals surface area contributed by atoms with E-state index in [0.717, 1.165) is 57.1 Å². The zero-order valence-electron chi connectivity index (χ0n) is 19.7. The molecular formula is C28H34N4O. The van der Waals surface area contributed by atoms with E-state index in [1.807, 2.05) is 43.1 Å². The molecule has 1 saturated heterocycles. The van der Waals surface area contributed by atoms with Crippen molar-refractivity contribution in [2.75, 3.05) is 39.3 Å². The van der Waals surface area contributed by atoms with E-state index in [1.165, 1.54) is 11.1 Å². The van der Waals surface area contributed by atoms with Crippen LogP contribution in [0.1, 0.15) is 47.1 Å². The minimum atomic E-state index is 0.103. The molecule has 0 N–H and O–H groups in total. The minimum Gasteiger partial charge on any atom is -0.339 e. The van der Waals surface area contributed by atoms with Crippen LogP contribution in [0.15, 0.2) is 79.0 Å². The third-order valence-corrected chi connectivity index (χ3v) is 6.52. The summed E-state index contributed by atoms with van der Waals surface area (Å²) in [7, 11) is 0. The number of piperazine rings is 1. The Labute approximate surface area is 197 Å². The number of carbonyl (C=O) groups excluding carboxylic acids is 1. The first-order valence-electron chi connectivity index (χ1n) is 12.0. The molecule has 0 saturated carbocycles. The van der Waals surface area contributed by atoms with Gasteiger partial charge in [-0.2, -0.15) is 0 Å². The van der Waals surface area contributed by atoms with E-state index in [4.69, 9.17) is 0 Å². The smallest absolute Gasteiger partial charge is 0.253 e. The summed E-state index contributed by atoms with van der Waals surface area (Å²) in [5, 5.41) is 0. The van der Waals surface area contributed by atoms with Crippen molar-refractivity contribution >= 4 is 5.91 Å². The molecule has 33 heavy (non-hydrogen) atoms. The first-order chi connectivity index (χ1) is 16.2. The van der Waals surface area contributed by atoms with Gasteiger partial charge in [0, 0.05) is 57.6 Å². The number of nitrogens with zero attached hydrogens (tertiary/aromatic N) is 4. The molecule has 1 fully saturated rings. The number of amides is 1. The Morgan fingerprint density at radius 3 is 2.09 bits per heavy atom. The van der Waals surface area contributed by atoms with Crippen molar-refractivity contribution in [3.8, 4) is 0 Å². The molecule has 3 aromatic rings. The maximum absolute atomic E-state index is 12.8. The lowest BCUT2D eigenvalue weighted by molar-refractivity contribution is 0.0773.